The van der Waals surface area contributed by atoms with Crippen molar-refractivity contribution in [1.82, 2.24) is 4.90 Å². The van der Waals surface area contributed by atoms with E-state index in [9.17, 15) is 41.3 Å². The fourth-order valence-electron chi connectivity index (χ4n) is 2.37. The first-order valence-electron chi connectivity index (χ1n) is 8.39. The number of nitrogens with zero attached hydrogens (tertiary/aromatic N) is 2. The Hall–Kier alpha value is -2.87. The van der Waals surface area contributed by atoms with Gasteiger partial charge in [-0.1, -0.05) is 18.5 Å². The van der Waals surface area contributed by atoms with Gasteiger partial charge in [-0.05, 0) is 17.7 Å². The van der Waals surface area contributed by atoms with Crippen LogP contribution < -0.4 is 0 Å². The maximum atomic E-state index is 12.7. The Morgan fingerprint density at radius 1 is 1.32 bits per heavy atom. The molecule has 0 spiro atoms. The molecule has 170 valence electrons. The van der Waals surface area contributed by atoms with Crippen LogP contribution in [-0.2, 0) is 35.2 Å². The van der Waals surface area contributed by atoms with Gasteiger partial charge in [0.25, 0.3) is 5.69 Å². The van der Waals surface area contributed by atoms with Gasteiger partial charge in [0.2, 0.25) is 5.91 Å². The van der Waals surface area contributed by atoms with Crippen LogP contribution in [0.25, 0.3) is 0 Å². The first-order chi connectivity index (χ1) is 14.3. The normalized spacial score (nSPS) is 17.5. The number of β-lactam (4-membered cyclic amide) rings is 1. The van der Waals surface area contributed by atoms with E-state index in [4.69, 9.17) is 16.3 Å². The molecular weight excluding hydrogens is 473 g/mol. The summed E-state index contributed by atoms with van der Waals surface area (Å²) in [6, 6.07) is 4.78. The molecule has 15 heteroatoms. The number of alkyl halides is 4. The first-order valence-corrected chi connectivity index (χ1v) is 10.2. The molecule has 0 bridgehead atoms. The first kappa shape index (κ1) is 24.4. The number of rotatable bonds is 8. The summed E-state index contributed by atoms with van der Waals surface area (Å²) in [6.45, 7) is 0.705. The van der Waals surface area contributed by atoms with E-state index in [2.05, 4.69) is 4.18 Å². The minimum Gasteiger partial charge on any atom is -0.456 e. The van der Waals surface area contributed by atoms with Gasteiger partial charge >= 0.3 is 21.6 Å². The molecule has 1 aliphatic rings. The number of carbonyl (C=O) groups excluding carboxylic acids is 2. The van der Waals surface area contributed by atoms with Gasteiger partial charge in [-0.2, -0.15) is 21.6 Å². The summed E-state index contributed by atoms with van der Waals surface area (Å²) < 4.78 is 69.9. The Balaban J connectivity index is 2.34. The molecule has 1 atom stereocenters. The average Bonchev–Trinajstić information content (AvgIpc) is 2.68. The minimum atomic E-state index is -6.13. The molecular formula is C16H14ClF3N2O8S. The van der Waals surface area contributed by atoms with Crippen LogP contribution in [0.4, 0.5) is 18.9 Å². The van der Waals surface area contributed by atoms with Crippen LogP contribution in [0.2, 0.25) is 0 Å². The van der Waals surface area contributed by atoms with Gasteiger partial charge in [0.1, 0.15) is 12.1 Å². The molecule has 0 aromatic heterocycles. The topological polar surface area (TPSA) is 133 Å². The third-order valence-corrected chi connectivity index (χ3v) is 5.26. The number of nitro groups is 1. The lowest BCUT2D eigenvalue weighted by molar-refractivity contribution is -0.384. The number of non-ortho nitro benzene ring substituents is 1. The molecule has 31 heavy (non-hydrogen) atoms. The second kappa shape index (κ2) is 9.09. The monoisotopic (exact) mass is 486 g/mol. The zero-order valence-electron chi connectivity index (χ0n) is 15.6. The summed E-state index contributed by atoms with van der Waals surface area (Å²) in [7, 11) is -6.13. The van der Waals surface area contributed by atoms with Crippen molar-refractivity contribution in [3.05, 3.63) is 51.4 Å². The van der Waals surface area contributed by atoms with Crippen molar-refractivity contribution >= 4 is 39.3 Å². The van der Waals surface area contributed by atoms with E-state index in [1.165, 1.54) is 19.1 Å². The van der Waals surface area contributed by atoms with Gasteiger partial charge in [0.15, 0.2) is 11.5 Å². The molecule has 1 amide bonds. The van der Waals surface area contributed by atoms with Gasteiger partial charge in [0, 0.05) is 18.6 Å². The van der Waals surface area contributed by atoms with E-state index in [1.807, 2.05) is 0 Å². The van der Waals surface area contributed by atoms with Crippen molar-refractivity contribution in [2.45, 2.75) is 37.4 Å². The number of hydrogen-bond acceptors (Lipinski definition) is 8. The van der Waals surface area contributed by atoms with Crippen LogP contribution in [0, 0.1) is 10.1 Å². The van der Waals surface area contributed by atoms with Gasteiger partial charge in [0.05, 0.1) is 11.3 Å². The maximum absolute atomic E-state index is 12.7. The van der Waals surface area contributed by atoms with Crippen LogP contribution in [0.1, 0.15) is 25.3 Å². The van der Waals surface area contributed by atoms with E-state index < -0.39 is 62.4 Å². The predicted octanol–water partition coefficient (Wildman–Crippen LogP) is 2.92. The highest BCUT2D eigenvalue weighted by atomic mass is 35.5. The lowest BCUT2D eigenvalue weighted by Gasteiger charge is -2.37. The van der Waals surface area contributed by atoms with Gasteiger partial charge in [-0.15, -0.1) is 0 Å². The highest BCUT2D eigenvalue weighted by molar-refractivity contribution is 7.87. The van der Waals surface area contributed by atoms with Gasteiger partial charge in [-0.3, -0.25) is 19.8 Å². The van der Waals surface area contributed by atoms with Crippen molar-refractivity contribution < 1.29 is 45.0 Å². The smallest absolute Gasteiger partial charge is 0.456 e. The van der Waals surface area contributed by atoms with E-state index in [-0.39, 0.29) is 17.7 Å². The number of carbonyl (C=O) groups is 2. The summed E-state index contributed by atoms with van der Waals surface area (Å²) in [5.41, 5.74) is -7.74. The fraction of sp³-hybridized carbons (Fsp3) is 0.375. The standard InChI is InChI=1S/C16H14ClF3N2O8S/c1-2-11(30-31(27,28)16(18,19)20)14(21-12(17)7-13(21)23)15(24)29-8-9-3-5-10(6-4-9)22(25)26/h3-6,12H,2,7-8H2,1H3/b14-11+. The number of halogens is 4. The number of ether oxygens (including phenoxy) is 1. The molecule has 0 aliphatic carbocycles. The van der Waals surface area contributed by atoms with Crippen LogP contribution in [0.5, 0.6) is 0 Å². The Kier molecular flexibility index (Phi) is 7.16. The summed E-state index contributed by atoms with van der Waals surface area (Å²) in [4.78, 5) is 35.0. The second-order valence-corrected chi connectivity index (χ2v) is 8.05. The Morgan fingerprint density at radius 3 is 2.32 bits per heavy atom. The number of esters is 1. The summed E-state index contributed by atoms with van der Waals surface area (Å²) >= 11 is 5.85. The molecule has 1 fully saturated rings. The Labute approximate surface area is 178 Å². The van der Waals surface area contributed by atoms with Crippen LogP contribution in [0.3, 0.4) is 0 Å². The summed E-state index contributed by atoms with van der Waals surface area (Å²) in [5, 5.41) is 10.7. The van der Waals surface area contributed by atoms with Gasteiger partial charge < -0.3 is 8.92 Å². The largest absolute Gasteiger partial charge is 0.534 e. The number of allylic oxidation sites excluding steroid dienone is 1. The van der Waals surface area contributed by atoms with E-state index in [0.29, 0.717) is 4.90 Å². The van der Waals surface area contributed by atoms with Crippen LogP contribution in [-0.4, -0.2) is 41.1 Å². The third-order valence-electron chi connectivity index (χ3n) is 3.92. The highest BCUT2D eigenvalue weighted by Crippen LogP contribution is 2.34. The van der Waals surface area contributed by atoms with Crippen molar-refractivity contribution in [1.29, 1.82) is 0 Å². The molecule has 1 aromatic carbocycles. The minimum absolute atomic E-state index is 0.231. The number of likely N-dealkylation sites (tertiary alicyclic amines) is 1. The lowest BCUT2D eigenvalue weighted by Crippen LogP contribution is -2.51. The quantitative estimate of drug-likeness (QED) is 0.0523. The van der Waals surface area contributed by atoms with Crippen molar-refractivity contribution in [3.63, 3.8) is 0 Å². The lowest BCUT2D eigenvalue weighted by atomic mass is 10.1. The molecule has 1 aromatic rings. The van der Waals surface area contributed by atoms with E-state index in [1.54, 1.807) is 0 Å². The average molecular weight is 487 g/mol. The summed E-state index contributed by atoms with van der Waals surface area (Å²) in [5.74, 6) is -3.11. The zero-order chi connectivity index (χ0) is 23.6. The molecule has 0 N–H and O–H groups in total. The molecule has 1 saturated heterocycles. The third kappa shape index (κ3) is 5.44. The van der Waals surface area contributed by atoms with Crippen LogP contribution >= 0.6 is 11.6 Å². The fourth-order valence-corrected chi connectivity index (χ4v) is 3.26. The van der Waals surface area contributed by atoms with Crippen molar-refractivity contribution in [2.24, 2.45) is 0 Å². The molecule has 2 rings (SSSR count). The Bertz CT molecular complexity index is 1020. The maximum Gasteiger partial charge on any atom is 0.534 e. The molecule has 0 saturated carbocycles. The Morgan fingerprint density at radius 2 is 1.90 bits per heavy atom. The van der Waals surface area contributed by atoms with Gasteiger partial charge in [-0.25, -0.2) is 4.79 Å². The molecule has 0 radical (unpaired) electrons. The molecule has 10 nitrogen and oxygen atoms in total. The number of hydrogen-bond donors (Lipinski definition) is 0. The number of benzene rings is 1. The SMILES string of the molecule is CC/C(OS(=O)(=O)C(F)(F)F)=C(/C(=O)OCc1ccc([N+](=O)[O-])cc1)N1C(=O)CC1Cl. The molecule has 1 unspecified atom stereocenters. The molecule has 1 aliphatic heterocycles. The van der Waals surface area contributed by atoms with E-state index in [0.717, 1.165) is 12.1 Å². The summed E-state index contributed by atoms with van der Waals surface area (Å²) in [6.07, 6.45) is -0.769. The second-order valence-electron chi connectivity index (χ2n) is 6.01. The number of nitro benzene ring substituents is 1. The molecule has 1 heterocycles. The number of amides is 1. The predicted molar refractivity (Wildman–Crippen MR) is 97.4 cm³/mol. The highest BCUT2D eigenvalue weighted by Gasteiger charge is 2.50. The van der Waals surface area contributed by atoms with Crippen molar-refractivity contribution in [3.8, 4) is 0 Å². The van der Waals surface area contributed by atoms with E-state index >= 15 is 0 Å². The van der Waals surface area contributed by atoms with Crippen LogP contribution in [0.15, 0.2) is 35.7 Å². The van der Waals surface area contributed by atoms with Crippen molar-refractivity contribution in [2.75, 3.05) is 0 Å². The zero-order valence-corrected chi connectivity index (χ0v) is 17.2.